The number of nitrogens with one attached hydrogen (secondary N) is 2. The zero-order chi connectivity index (χ0) is 22.8. The van der Waals surface area contributed by atoms with Crippen LogP contribution in [0.1, 0.15) is 18.4 Å². The van der Waals surface area contributed by atoms with Crippen LogP contribution in [0.15, 0.2) is 55.0 Å². The fourth-order valence-corrected chi connectivity index (χ4v) is 5.91. The first-order chi connectivity index (χ1) is 16.0. The maximum atomic E-state index is 11.8. The van der Waals surface area contributed by atoms with Gasteiger partial charge in [-0.2, -0.15) is 5.10 Å². The van der Waals surface area contributed by atoms with E-state index in [-0.39, 0.29) is 26.9 Å². The molecule has 1 amide bonds. The summed E-state index contributed by atoms with van der Waals surface area (Å²) >= 11 is -0.0473. The molecule has 1 unspecified atom stereocenters. The summed E-state index contributed by atoms with van der Waals surface area (Å²) < 4.78 is 6.44. The molecule has 0 saturated carbocycles. The van der Waals surface area contributed by atoms with Crippen LogP contribution in [-0.2, 0) is 11.8 Å². The molecule has 5 rings (SSSR count). The number of piperidine rings is 1. The van der Waals surface area contributed by atoms with E-state index < -0.39 is 0 Å². The van der Waals surface area contributed by atoms with E-state index in [4.69, 9.17) is 4.98 Å². The third-order valence-corrected chi connectivity index (χ3v) is 8.05. The number of carbonyl (C=O) groups excluding carboxylic acids is 1. The molecule has 2 aromatic heterocycles. The van der Waals surface area contributed by atoms with Crippen LogP contribution < -0.4 is 10.6 Å². The predicted octanol–water partition coefficient (Wildman–Crippen LogP) is 4.06. The average Bonchev–Trinajstić information content (AvgIpc) is 3.46. The Morgan fingerprint density at radius 2 is 2.06 bits per heavy atom. The summed E-state index contributed by atoms with van der Waals surface area (Å²) in [5.74, 6) is 1.26. The molecule has 2 N–H and O–H groups in total. The number of carbonyl (C=O) groups is 1. The van der Waals surface area contributed by atoms with Crippen LogP contribution >= 0.6 is 21.0 Å². The van der Waals surface area contributed by atoms with E-state index in [1.165, 1.54) is 11.1 Å². The number of benzene rings is 1. The number of nitrogens with zero attached hydrogens (tertiary/aromatic N) is 4. The zero-order valence-electron chi connectivity index (χ0n) is 18.8. The van der Waals surface area contributed by atoms with Gasteiger partial charge >= 0.3 is 0 Å². The van der Waals surface area contributed by atoms with Gasteiger partial charge in [0.25, 0.3) is 0 Å². The van der Waals surface area contributed by atoms with E-state index in [1.54, 1.807) is 4.68 Å². The van der Waals surface area contributed by atoms with E-state index in [0.717, 1.165) is 47.7 Å². The van der Waals surface area contributed by atoms with E-state index in [0.29, 0.717) is 12.3 Å². The molecule has 1 saturated heterocycles. The molecule has 2 aliphatic heterocycles. The summed E-state index contributed by atoms with van der Waals surface area (Å²) in [5.41, 5.74) is 6.56. The number of halogens is 1. The Morgan fingerprint density at radius 3 is 2.82 bits per heavy atom. The predicted molar refractivity (Wildman–Crippen MR) is 142 cm³/mol. The lowest BCUT2D eigenvalue weighted by atomic mass is 9.97. The van der Waals surface area contributed by atoms with Gasteiger partial charge in [0.2, 0.25) is 5.91 Å². The van der Waals surface area contributed by atoms with Gasteiger partial charge in [-0.1, -0.05) is 18.2 Å². The number of rotatable bonds is 6. The molecular formula is C25H27IN6O. The SMILES string of the molecule is CN1C=C(c2cccc(-c3ccc(-c4cnn(C)c4)c(NCC4CCNC(=O)C4)n3)c2)C=I1. The number of allylic oxidation sites excluding steroid dienone is 1. The highest BCUT2D eigenvalue weighted by Gasteiger charge is 2.20. The van der Waals surface area contributed by atoms with Crippen molar-refractivity contribution in [1.82, 2.24) is 23.2 Å². The molecule has 8 heteroatoms. The van der Waals surface area contributed by atoms with Gasteiger partial charge in [0.15, 0.2) is 0 Å². The minimum Gasteiger partial charge on any atom is -0.369 e. The van der Waals surface area contributed by atoms with Gasteiger partial charge in [0.1, 0.15) is 5.82 Å². The Bertz CT molecular complexity index is 1250. The van der Waals surface area contributed by atoms with Crippen LogP contribution in [0.3, 0.4) is 0 Å². The molecule has 4 heterocycles. The largest absolute Gasteiger partial charge is 0.369 e. The number of amides is 1. The monoisotopic (exact) mass is 554 g/mol. The number of hydrogen-bond acceptors (Lipinski definition) is 5. The van der Waals surface area contributed by atoms with Crippen LogP contribution in [0.25, 0.3) is 28.0 Å². The molecule has 170 valence electrons. The summed E-state index contributed by atoms with van der Waals surface area (Å²) in [5, 5.41) is 10.8. The summed E-state index contributed by atoms with van der Waals surface area (Å²) in [6.45, 7) is 1.46. The first-order valence-electron chi connectivity index (χ1n) is 11.1. The minimum absolute atomic E-state index is 0.0473. The van der Waals surface area contributed by atoms with Crippen molar-refractivity contribution >= 4 is 42.3 Å². The summed E-state index contributed by atoms with van der Waals surface area (Å²) in [7, 11) is 4.05. The van der Waals surface area contributed by atoms with Gasteiger partial charge in [-0.05, 0) is 61.1 Å². The topological polar surface area (TPSA) is 75.1 Å². The fraction of sp³-hybridized carbons (Fsp3) is 0.280. The molecule has 0 aliphatic carbocycles. The maximum absolute atomic E-state index is 11.8. The lowest BCUT2D eigenvalue weighted by molar-refractivity contribution is -0.123. The Morgan fingerprint density at radius 1 is 1.18 bits per heavy atom. The normalized spacial score (nSPS) is 18.0. The van der Waals surface area contributed by atoms with Gasteiger partial charge in [0, 0.05) is 68.3 Å². The second-order valence-electron chi connectivity index (χ2n) is 8.48. The van der Waals surface area contributed by atoms with E-state index in [9.17, 15) is 4.79 Å². The van der Waals surface area contributed by atoms with Crippen LogP contribution in [0, 0.1) is 5.92 Å². The number of anilines is 1. The molecule has 2 aliphatic rings. The van der Waals surface area contributed by atoms with E-state index in [2.05, 4.69) is 72.5 Å². The van der Waals surface area contributed by atoms with Gasteiger partial charge in [-0.25, -0.2) is 4.98 Å². The van der Waals surface area contributed by atoms with Gasteiger partial charge in [-0.3, -0.25) is 9.48 Å². The minimum atomic E-state index is -0.0473. The standard InChI is InChI=1S/C25H27IN6O/c1-31-15-20(12-26-31)18-4-3-5-19(11-18)23-7-6-22(21-14-29-32(2)16-21)25(30-23)28-13-17-8-9-27-24(33)10-17/h3-7,11-12,14-17H,8-10,13H2,1-2H3,(H,27,33)(H,28,30). The molecule has 7 nitrogen and oxygen atoms in total. The summed E-state index contributed by atoms with van der Waals surface area (Å²) in [6, 6.07) is 12.8. The second kappa shape index (κ2) is 9.46. The van der Waals surface area contributed by atoms with Gasteiger partial charge < -0.3 is 13.7 Å². The lowest BCUT2D eigenvalue weighted by Gasteiger charge is -2.23. The Kier molecular flexibility index (Phi) is 6.26. The molecule has 3 aromatic rings. The molecule has 1 atom stereocenters. The van der Waals surface area contributed by atoms with Crippen LogP contribution in [0.5, 0.6) is 0 Å². The molecule has 1 fully saturated rings. The molecule has 1 aromatic carbocycles. The van der Waals surface area contributed by atoms with E-state index in [1.807, 2.05) is 19.4 Å². The second-order valence-corrected chi connectivity index (χ2v) is 11.2. The van der Waals surface area contributed by atoms with Crippen molar-refractivity contribution in [2.75, 3.05) is 25.5 Å². The number of aromatic nitrogens is 3. The van der Waals surface area contributed by atoms with E-state index >= 15 is 0 Å². The number of pyridine rings is 1. The van der Waals surface area contributed by atoms with Crippen molar-refractivity contribution < 1.29 is 4.79 Å². The lowest BCUT2D eigenvalue weighted by Crippen LogP contribution is -2.36. The maximum Gasteiger partial charge on any atom is 0.220 e. The molecule has 0 radical (unpaired) electrons. The third-order valence-electron chi connectivity index (χ3n) is 5.95. The van der Waals surface area contributed by atoms with Gasteiger partial charge in [0.05, 0.1) is 11.9 Å². The smallest absolute Gasteiger partial charge is 0.220 e. The first-order valence-corrected chi connectivity index (χ1v) is 13.3. The quantitative estimate of drug-likeness (QED) is 0.355. The van der Waals surface area contributed by atoms with Crippen LogP contribution in [0.4, 0.5) is 5.82 Å². The molecule has 33 heavy (non-hydrogen) atoms. The Labute approximate surface area is 204 Å². The zero-order valence-corrected chi connectivity index (χ0v) is 20.9. The van der Waals surface area contributed by atoms with Crippen molar-refractivity contribution in [1.29, 1.82) is 0 Å². The fourth-order valence-electron chi connectivity index (χ4n) is 4.19. The van der Waals surface area contributed by atoms with Crippen LogP contribution in [0.2, 0.25) is 0 Å². The average molecular weight is 554 g/mol. The van der Waals surface area contributed by atoms with Crippen molar-refractivity contribution in [2.45, 2.75) is 12.8 Å². The van der Waals surface area contributed by atoms with Crippen molar-refractivity contribution in [3.05, 3.63) is 60.6 Å². The summed E-state index contributed by atoms with van der Waals surface area (Å²) in [4.78, 5) is 16.8. The Balaban J connectivity index is 1.46. The molecular weight excluding hydrogens is 527 g/mol. The Hall–Kier alpha value is -3.01. The highest BCUT2D eigenvalue weighted by Crippen LogP contribution is 2.32. The number of hydrogen-bond donors (Lipinski definition) is 2. The molecule has 0 spiro atoms. The van der Waals surface area contributed by atoms with Gasteiger partial charge in [-0.15, -0.1) is 0 Å². The first kappa shape index (κ1) is 21.8. The third kappa shape index (κ3) is 5.00. The molecule has 0 bridgehead atoms. The van der Waals surface area contributed by atoms with Crippen molar-refractivity contribution in [3.8, 4) is 22.4 Å². The van der Waals surface area contributed by atoms with Crippen LogP contribution in [-0.4, -0.2) is 47.9 Å². The summed E-state index contributed by atoms with van der Waals surface area (Å²) in [6.07, 6.45) is 7.61. The van der Waals surface area contributed by atoms with Crippen molar-refractivity contribution in [2.24, 2.45) is 13.0 Å². The van der Waals surface area contributed by atoms with Crippen molar-refractivity contribution in [3.63, 3.8) is 0 Å². The number of aryl methyl sites for hydroxylation is 1. The highest BCUT2D eigenvalue weighted by molar-refractivity contribution is 14.2. The highest BCUT2D eigenvalue weighted by atomic mass is 127.